The Hall–Kier alpha value is -1.22. The zero-order valence-electron chi connectivity index (χ0n) is 7.58. The Balaban J connectivity index is 2.44. The number of carboxylic acids is 1. The first-order valence-electron chi connectivity index (χ1n) is 4.23. The lowest BCUT2D eigenvalue weighted by Crippen LogP contribution is -2.39. The summed E-state index contributed by atoms with van der Waals surface area (Å²) in [5.74, 6) is -0.396. The molecule has 0 aliphatic carbocycles. The van der Waals surface area contributed by atoms with Crippen molar-refractivity contribution >= 4 is 17.6 Å². The second-order valence-corrected chi connectivity index (χ2v) is 3.94. The molecule has 0 radical (unpaired) electrons. The van der Waals surface area contributed by atoms with Crippen molar-refractivity contribution in [3.63, 3.8) is 0 Å². The summed E-state index contributed by atoms with van der Waals surface area (Å²) in [6.45, 7) is 1.55. The monoisotopic (exact) mass is 212 g/mol. The van der Waals surface area contributed by atoms with Crippen LogP contribution in [0.2, 0.25) is 5.02 Å². The van der Waals surface area contributed by atoms with Crippen molar-refractivity contribution in [3.05, 3.63) is 28.8 Å². The fourth-order valence-corrected chi connectivity index (χ4v) is 1.77. The van der Waals surface area contributed by atoms with Gasteiger partial charge in [0.25, 0.3) is 0 Å². The van der Waals surface area contributed by atoms with Gasteiger partial charge >= 0.3 is 5.97 Å². The number of carbonyl (C=O) groups is 1. The molecule has 74 valence electrons. The molecule has 1 aromatic carbocycles. The van der Waals surface area contributed by atoms with E-state index in [0.717, 1.165) is 5.56 Å². The fraction of sp³-hybridized carbons (Fsp3) is 0.300. The van der Waals surface area contributed by atoms with Crippen LogP contribution < -0.4 is 4.74 Å². The molecule has 1 aromatic rings. The van der Waals surface area contributed by atoms with Gasteiger partial charge in [0.05, 0.1) is 0 Å². The molecule has 1 heterocycles. The largest absolute Gasteiger partial charge is 0.478 e. The average molecular weight is 213 g/mol. The first-order valence-corrected chi connectivity index (χ1v) is 4.60. The minimum atomic E-state index is -1.17. The molecule has 1 N–H and O–H groups in total. The third-order valence-corrected chi connectivity index (χ3v) is 2.73. The van der Waals surface area contributed by atoms with Gasteiger partial charge in [-0.1, -0.05) is 17.7 Å². The van der Waals surface area contributed by atoms with Crippen LogP contribution in [0.5, 0.6) is 5.75 Å². The molecule has 0 spiro atoms. The van der Waals surface area contributed by atoms with Crippen LogP contribution in [0.15, 0.2) is 18.2 Å². The molecule has 0 bridgehead atoms. The summed E-state index contributed by atoms with van der Waals surface area (Å²) in [6.07, 6.45) is 0.317. The van der Waals surface area contributed by atoms with Crippen LogP contribution in [-0.4, -0.2) is 16.7 Å². The molecule has 0 aromatic heterocycles. The summed E-state index contributed by atoms with van der Waals surface area (Å²) in [4.78, 5) is 10.9. The average Bonchev–Trinajstić information content (AvgIpc) is 2.45. The van der Waals surface area contributed by atoms with Gasteiger partial charge in [-0.15, -0.1) is 0 Å². The first kappa shape index (κ1) is 9.34. The molecule has 0 amide bonds. The number of rotatable bonds is 1. The highest BCUT2D eigenvalue weighted by molar-refractivity contribution is 6.31. The van der Waals surface area contributed by atoms with Gasteiger partial charge in [0.2, 0.25) is 5.60 Å². The zero-order valence-corrected chi connectivity index (χ0v) is 8.34. The number of hydrogen-bond acceptors (Lipinski definition) is 2. The van der Waals surface area contributed by atoms with E-state index in [4.69, 9.17) is 21.4 Å². The van der Waals surface area contributed by atoms with Crippen molar-refractivity contribution < 1.29 is 14.6 Å². The molecule has 4 heteroatoms. The van der Waals surface area contributed by atoms with Gasteiger partial charge < -0.3 is 9.84 Å². The van der Waals surface area contributed by atoms with Crippen LogP contribution in [0.1, 0.15) is 12.5 Å². The molecule has 0 saturated carbocycles. The summed E-state index contributed by atoms with van der Waals surface area (Å²) in [6, 6.07) is 5.21. The van der Waals surface area contributed by atoms with Crippen LogP contribution >= 0.6 is 11.6 Å². The van der Waals surface area contributed by atoms with Crippen LogP contribution in [0.25, 0.3) is 0 Å². The molecule has 0 saturated heterocycles. The number of ether oxygens (including phenoxy) is 1. The van der Waals surface area contributed by atoms with Crippen molar-refractivity contribution in [3.8, 4) is 5.75 Å². The maximum absolute atomic E-state index is 10.9. The van der Waals surface area contributed by atoms with Gasteiger partial charge in [-0.3, -0.25) is 0 Å². The Kier molecular flexibility index (Phi) is 1.93. The topological polar surface area (TPSA) is 46.5 Å². The zero-order chi connectivity index (χ0) is 10.3. The molecular weight excluding hydrogens is 204 g/mol. The molecule has 1 atom stereocenters. The van der Waals surface area contributed by atoms with Gasteiger partial charge in [0.15, 0.2) is 0 Å². The standard InChI is InChI=1S/C10H9ClO3/c1-10(9(12)13)5-6-7(11)3-2-4-8(6)14-10/h2-4H,5H2,1H3,(H,12,13). The van der Waals surface area contributed by atoms with E-state index in [1.54, 1.807) is 25.1 Å². The van der Waals surface area contributed by atoms with Crippen LogP contribution in [-0.2, 0) is 11.2 Å². The smallest absolute Gasteiger partial charge is 0.348 e. The number of carboxylic acid groups (broad SMARTS) is 1. The molecule has 1 unspecified atom stereocenters. The predicted octanol–water partition coefficient (Wildman–Crippen LogP) is 2.12. The van der Waals surface area contributed by atoms with Gasteiger partial charge in [-0.2, -0.15) is 0 Å². The molecule has 2 rings (SSSR count). The van der Waals surface area contributed by atoms with E-state index in [0.29, 0.717) is 17.2 Å². The Labute approximate surface area is 86.3 Å². The third-order valence-electron chi connectivity index (χ3n) is 2.38. The number of benzene rings is 1. The summed E-state index contributed by atoms with van der Waals surface area (Å²) in [7, 11) is 0. The maximum atomic E-state index is 10.9. The van der Waals surface area contributed by atoms with E-state index in [2.05, 4.69) is 0 Å². The van der Waals surface area contributed by atoms with Gasteiger partial charge in [0, 0.05) is 17.0 Å². The van der Waals surface area contributed by atoms with E-state index >= 15 is 0 Å². The fourth-order valence-electron chi connectivity index (χ4n) is 1.54. The lowest BCUT2D eigenvalue weighted by atomic mass is 10.00. The molecule has 1 aliphatic rings. The summed E-state index contributed by atoms with van der Waals surface area (Å²) in [5.41, 5.74) is -0.396. The van der Waals surface area contributed by atoms with E-state index in [1.807, 2.05) is 0 Å². The van der Waals surface area contributed by atoms with Crippen LogP contribution in [0.3, 0.4) is 0 Å². The van der Waals surface area contributed by atoms with Crippen LogP contribution in [0.4, 0.5) is 0 Å². The predicted molar refractivity (Wildman–Crippen MR) is 51.8 cm³/mol. The van der Waals surface area contributed by atoms with Gasteiger partial charge in [-0.25, -0.2) is 4.79 Å². The van der Waals surface area contributed by atoms with E-state index in [-0.39, 0.29) is 0 Å². The SMILES string of the molecule is CC1(C(=O)O)Cc2c(Cl)cccc2O1. The molecule has 3 nitrogen and oxygen atoms in total. The minimum Gasteiger partial charge on any atom is -0.478 e. The Morgan fingerprint density at radius 1 is 1.64 bits per heavy atom. The quantitative estimate of drug-likeness (QED) is 0.776. The summed E-state index contributed by atoms with van der Waals surface area (Å²) >= 11 is 5.93. The Morgan fingerprint density at radius 2 is 2.36 bits per heavy atom. The molecule has 1 aliphatic heterocycles. The van der Waals surface area contributed by atoms with E-state index < -0.39 is 11.6 Å². The van der Waals surface area contributed by atoms with Crippen molar-refractivity contribution in [1.29, 1.82) is 0 Å². The highest BCUT2D eigenvalue weighted by Gasteiger charge is 2.42. The van der Waals surface area contributed by atoms with E-state index in [1.165, 1.54) is 0 Å². The van der Waals surface area contributed by atoms with Gasteiger partial charge in [-0.05, 0) is 19.1 Å². The summed E-state index contributed by atoms with van der Waals surface area (Å²) in [5, 5.41) is 9.53. The Morgan fingerprint density at radius 3 is 2.93 bits per heavy atom. The number of halogens is 1. The Bertz CT molecular complexity index is 402. The summed E-state index contributed by atoms with van der Waals surface area (Å²) < 4.78 is 5.35. The third kappa shape index (κ3) is 1.24. The minimum absolute atomic E-state index is 0.317. The number of fused-ring (bicyclic) bond motifs is 1. The maximum Gasteiger partial charge on any atom is 0.348 e. The second-order valence-electron chi connectivity index (χ2n) is 3.53. The normalized spacial score (nSPS) is 24.1. The highest BCUT2D eigenvalue weighted by atomic mass is 35.5. The van der Waals surface area contributed by atoms with Crippen molar-refractivity contribution in [2.75, 3.05) is 0 Å². The van der Waals surface area contributed by atoms with Crippen molar-refractivity contribution in [1.82, 2.24) is 0 Å². The highest BCUT2D eigenvalue weighted by Crippen LogP contribution is 2.38. The van der Waals surface area contributed by atoms with Crippen molar-refractivity contribution in [2.45, 2.75) is 18.9 Å². The molecular formula is C10H9ClO3. The molecule has 14 heavy (non-hydrogen) atoms. The van der Waals surface area contributed by atoms with E-state index in [9.17, 15) is 4.79 Å². The van der Waals surface area contributed by atoms with Crippen molar-refractivity contribution in [2.24, 2.45) is 0 Å². The lowest BCUT2D eigenvalue weighted by Gasteiger charge is -2.17. The molecule has 0 fully saturated rings. The lowest BCUT2D eigenvalue weighted by molar-refractivity contribution is -0.152. The van der Waals surface area contributed by atoms with Crippen LogP contribution in [0, 0.1) is 0 Å². The van der Waals surface area contributed by atoms with Gasteiger partial charge in [0.1, 0.15) is 5.75 Å². The second kappa shape index (κ2) is 2.89. The number of hydrogen-bond donors (Lipinski definition) is 1. The number of aliphatic carboxylic acids is 1. The first-order chi connectivity index (χ1) is 6.53.